The lowest BCUT2D eigenvalue weighted by atomic mass is 9.87. The fourth-order valence-electron chi connectivity index (χ4n) is 5.62. The van der Waals surface area contributed by atoms with Crippen LogP contribution in [0.3, 0.4) is 0 Å². The van der Waals surface area contributed by atoms with Crippen LogP contribution in [0.25, 0.3) is 10.8 Å². The number of nitrogens with zero attached hydrogens (tertiary/aromatic N) is 2. The van der Waals surface area contributed by atoms with Gasteiger partial charge in [-0.05, 0) is 61.2 Å². The van der Waals surface area contributed by atoms with Crippen LogP contribution in [0.2, 0.25) is 0 Å². The Labute approximate surface area is 191 Å². The van der Waals surface area contributed by atoms with E-state index in [9.17, 15) is 0 Å². The molecule has 172 valence electrons. The third kappa shape index (κ3) is 4.94. The predicted octanol–water partition coefficient (Wildman–Crippen LogP) is 5.40. The van der Waals surface area contributed by atoms with Crippen LogP contribution in [-0.2, 0) is 9.57 Å². The summed E-state index contributed by atoms with van der Waals surface area (Å²) in [5.74, 6) is 1.31. The maximum Gasteiger partial charge on any atom is 0.131 e. The zero-order valence-electron chi connectivity index (χ0n) is 19.3. The van der Waals surface area contributed by atoms with Crippen LogP contribution in [0.5, 0.6) is 5.75 Å². The number of benzene rings is 2. The van der Waals surface area contributed by atoms with E-state index in [1.807, 2.05) is 6.07 Å². The van der Waals surface area contributed by atoms with E-state index in [4.69, 9.17) is 19.5 Å². The quantitative estimate of drug-likeness (QED) is 0.449. The maximum absolute atomic E-state index is 6.13. The molecule has 3 fully saturated rings. The zero-order chi connectivity index (χ0) is 21.8. The number of fused-ring (bicyclic) bond motifs is 1. The normalized spacial score (nSPS) is 24.2. The molecule has 0 N–H and O–H groups in total. The summed E-state index contributed by atoms with van der Waals surface area (Å²) in [6, 6.07) is 13.7. The highest BCUT2D eigenvalue weighted by Gasteiger charge is 2.31. The maximum atomic E-state index is 6.13. The Morgan fingerprint density at radius 1 is 0.938 bits per heavy atom. The predicted molar refractivity (Wildman–Crippen MR) is 129 cm³/mol. The molecule has 5 rings (SSSR count). The molecule has 1 atom stereocenters. The molecular formula is C27H36N2O3. The van der Waals surface area contributed by atoms with Crippen molar-refractivity contribution in [2.75, 3.05) is 33.4 Å². The van der Waals surface area contributed by atoms with Crippen LogP contribution in [0.15, 0.2) is 41.6 Å². The topological polar surface area (TPSA) is 43.3 Å². The lowest BCUT2D eigenvalue weighted by molar-refractivity contribution is -0.0306. The fraction of sp³-hybridized carbons (Fsp3) is 0.593. The van der Waals surface area contributed by atoms with Gasteiger partial charge in [-0.3, -0.25) is 4.90 Å². The van der Waals surface area contributed by atoms with Gasteiger partial charge in [0.15, 0.2) is 0 Å². The van der Waals surface area contributed by atoms with Crippen molar-refractivity contribution < 1.29 is 14.3 Å². The molecule has 0 amide bonds. The van der Waals surface area contributed by atoms with Gasteiger partial charge in [0.05, 0.1) is 26.0 Å². The van der Waals surface area contributed by atoms with Gasteiger partial charge in [0, 0.05) is 36.9 Å². The van der Waals surface area contributed by atoms with E-state index in [2.05, 4.69) is 35.2 Å². The summed E-state index contributed by atoms with van der Waals surface area (Å²) in [5, 5.41) is 7.26. The first-order valence-corrected chi connectivity index (χ1v) is 12.4. The Hall–Kier alpha value is -2.11. The summed E-state index contributed by atoms with van der Waals surface area (Å²) in [4.78, 5) is 8.86. The van der Waals surface area contributed by atoms with E-state index in [-0.39, 0.29) is 6.10 Å². The van der Waals surface area contributed by atoms with Crippen LogP contribution in [0.1, 0.15) is 56.9 Å². The molecule has 2 aromatic carbocycles. The molecule has 0 bridgehead atoms. The van der Waals surface area contributed by atoms with Crippen molar-refractivity contribution in [1.29, 1.82) is 0 Å². The first-order valence-electron chi connectivity index (χ1n) is 12.4. The molecule has 0 aromatic heterocycles. The Morgan fingerprint density at radius 3 is 2.53 bits per heavy atom. The van der Waals surface area contributed by atoms with Gasteiger partial charge in [-0.15, -0.1) is 0 Å². The Bertz CT molecular complexity index is 932. The minimum absolute atomic E-state index is 0.165. The van der Waals surface area contributed by atoms with Crippen LogP contribution in [0, 0.1) is 5.92 Å². The number of likely N-dealkylation sites (tertiary alicyclic amines) is 1. The van der Waals surface area contributed by atoms with Crippen molar-refractivity contribution in [3.63, 3.8) is 0 Å². The van der Waals surface area contributed by atoms with Gasteiger partial charge in [0.2, 0.25) is 0 Å². The molecule has 3 aliphatic rings. The van der Waals surface area contributed by atoms with Crippen LogP contribution in [0.4, 0.5) is 0 Å². The summed E-state index contributed by atoms with van der Waals surface area (Å²) in [6.07, 6.45) is 9.91. The Morgan fingerprint density at radius 2 is 1.72 bits per heavy atom. The first kappa shape index (κ1) is 21.7. The van der Waals surface area contributed by atoms with Crippen LogP contribution in [-0.4, -0.2) is 56.2 Å². The second-order valence-electron chi connectivity index (χ2n) is 9.59. The van der Waals surface area contributed by atoms with E-state index in [0.29, 0.717) is 5.92 Å². The molecule has 2 saturated heterocycles. The summed E-state index contributed by atoms with van der Waals surface area (Å²) < 4.78 is 10.9. The number of methoxy groups -OCH3 is 1. The highest BCUT2D eigenvalue weighted by Crippen LogP contribution is 2.31. The number of hydrogen-bond acceptors (Lipinski definition) is 5. The van der Waals surface area contributed by atoms with Crippen LogP contribution >= 0.6 is 0 Å². The smallest absolute Gasteiger partial charge is 0.131 e. The van der Waals surface area contributed by atoms with Crippen molar-refractivity contribution in [3.8, 4) is 5.75 Å². The molecule has 0 radical (unpaired) electrons. The number of oxime groups is 1. The Balaban J connectivity index is 1.42. The summed E-state index contributed by atoms with van der Waals surface area (Å²) >= 11 is 0. The van der Waals surface area contributed by atoms with E-state index in [1.54, 1.807) is 7.11 Å². The number of hydrogen-bond donors (Lipinski definition) is 0. The minimum atomic E-state index is 0.165. The lowest BCUT2D eigenvalue weighted by Gasteiger charge is -2.37. The average Bonchev–Trinajstić information content (AvgIpc) is 3.40. The van der Waals surface area contributed by atoms with Crippen molar-refractivity contribution in [2.45, 2.75) is 63.5 Å². The van der Waals surface area contributed by atoms with Crippen molar-refractivity contribution in [3.05, 3.63) is 42.0 Å². The van der Waals surface area contributed by atoms with E-state index < -0.39 is 0 Å². The number of rotatable bonds is 6. The summed E-state index contributed by atoms with van der Waals surface area (Å²) in [5.41, 5.74) is 2.31. The van der Waals surface area contributed by atoms with Gasteiger partial charge in [0.25, 0.3) is 0 Å². The van der Waals surface area contributed by atoms with Gasteiger partial charge >= 0.3 is 0 Å². The molecule has 5 nitrogen and oxygen atoms in total. The lowest BCUT2D eigenvalue weighted by Crippen LogP contribution is -2.44. The van der Waals surface area contributed by atoms with E-state index >= 15 is 0 Å². The minimum Gasteiger partial charge on any atom is -0.497 e. The standard InChI is InChI=1S/C27H36N2O3/c1-30-26-11-10-20-17-22(9-8-21(20)18-26)27(28-32-25-12-15-31-16-13-25)23-5-4-14-29(19-23)24-6-2-3-7-24/h8-11,17-18,23-25H,2-7,12-16,19H2,1H3/b28-27-. The van der Waals surface area contributed by atoms with Gasteiger partial charge in [-0.25, -0.2) is 0 Å². The molecule has 2 aromatic rings. The molecule has 5 heteroatoms. The van der Waals surface area contributed by atoms with E-state index in [1.165, 1.54) is 61.4 Å². The van der Waals surface area contributed by atoms with Gasteiger partial charge in [-0.1, -0.05) is 36.2 Å². The molecule has 2 aliphatic heterocycles. The van der Waals surface area contributed by atoms with Crippen molar-refractivity contribution in [1.82, 2.24) is 4.90 Å². The molecule has 2 heterocycles. The third-order valence-corrected chi connectivity index (χ3v) is 7.49. The zero-order valence-corrected chi connectivity index (χ0v) is 19.3. The van der Waals surface area contributed by atoms with Crippen LogP contribution < -0.4 is 4.74 Å². The highest BCUT2D eigenvalue weighted by molar-refractivity contribution is 6.05. The second kappa shape index (κ2) is 10.2. The Kier molecular flexibility index (Phi) is 6.94. The molecular weight excluding hydrogens is 400 g/mol. The van der Waals surface area contributed by atoms with E-state index in [0.717, 1.165) is 50.1 Å². The molecule has 1 saturated carbocycles. The number of ether oxygens (including phenoxy) is 2. The second-order valence-corrected chi connectivity index (χ2v) is 9.59. The number of piperidine rings is 1. The molecule has 32 heavy (non-hydrogen) atoms. The first-order chi connectivity index (χ1) is 15.8. The SMILES string of the molecule is COc1ccc2cc(/C(=N/OC3CCOCC3)C3CCCN(C4CCCC4)C3)ccc2c1. The average molecular weight is 437 g/mol. The molecule has 1 unspecified atom stereocenters. The molecule has 0 spiro atoms. The van der Waals surface area contributed by atoms with Crippen molar-refractivity contribution in [2.24, 2.45) is 11.1 Å². The van der Waals surface area contributed by atoms with Crippen molar-refractivity contribution >= 4 is 16.5 Å². The summed E-state index contributed by atoms with van der Waals surface area (Å²) in [7, 11) is 1.72. The third-order valence-electron chi connectivity index (χ3n) is 7.49. The largest absolute Gasteiger partial charge is 0.497 e. The monoisotopic (exact) mass is 436 g/mol. The van der Waals surface area contributed by atoms with Gasteiger partial charge in [0.1, 0.15) is 11.9 Å². The molecule has 1 aliphatic carbocycles. The fourth-order valence-corrected chi connectivity index (χ4v) is 5.62. The highest BCUT2D eigenvalue weighted by atomic mass is 16.6. The van der Waals surface area contributed by atoms with Gasteiger partial charge in [-0.2, -0.15) is 0 Å². The summed E-state index contributed by atoms with van der Waals surface area (Å²) in [6.45, 7) is 3.87. The van der Waals surface area contributed by atoms with Gasteiger partial charge < -0.3 is 14.3 Å².